The molecule has 8 N–H and O–H groups in total. The molecular weight excluding hydrogens is 504 g/mol. The minimum absolute atomic E-state index is 0.0382. The SMILES string of the molecule is CSC(=N)Cc1cccc(C(=O)O)c1.NCC(F)CN.O=C(O)c1cccc(CC2=NCC(F)CN2)c1. The molecule has 0 bridgehead atoms. The quantitative estimate of drug-likeness (QED) is 0.220. The van der Waals surface area contributed by atoms with E-state index in [2.05, 4.69) is 10.3 Å². The number of hydrogen-bond acceptors (Lipinski definition) is 8. The summed E-state index contributed by atoms with van der Waals surface area (Å²) in [5.41, 5.74) is 11.9. The Bertz CT molecular complexity index is 1070. The molecule has 0 aliphatic carbocycles. The number of halogens is 2. The monoisotopic (exact) mass is 537 g/mol. The topological polar surface area (TPSA) is 175 Å². The van der Waals surface area contributed by atoms with Crippen LogP contribution in [-0.4, -0.2) is 77.8 Å². The Balaban J connectivity index is 0.000000309. The summed E-state index contributed by atoms with van der Waals surface area (Å²) in [7, 11) is 0. The Kier molecular flexibility index (Phi) is 14.7. The van der Waals surface area contributed by atoms with Crippen LogP contribution in [0.1, 0.15) is 31.8 Å². The molecule has 2 aromatic rings. The van der Waals surface area contributed by atoms with E-state index in [0.29, 0.717) is 23.7 Å². The number of aromatic carboxylic acids is 2. The van der Waals surface area contributed by atoms with Crippen LogP contribution in [0.3, 0.4) is 0 Å². The van der Waals surface area contributed by atoms with Crippen molar-refractivity contribution in [2.24, 2.45) is 16.5 Å². The van der Waals surface area contributed by atoms with E-state index in [1.165, 1.54) is 11.8 Å². The van der Waals surface area contributed by atoms with Crippen molar-refractivity contribution in [1.29, 1.82) is 5.41 Å². The highest BCUT2D eigenvalue weighted by Crippen LogP contribution is 2.10. The summed E-state index contributed by atoms with van der Waals surface area (Å²) in [5, 5.41) is 28.5. The lowest BCUT2D eigenvalue weighted by molar-refractivity contribution is 0.0686. The van der Waals surface area contributed by atoms with E-state index in [4.69, 9.17) is 27.1 Å². The van der Waals surface area contributed by atoms with Gasteiger partial charge in [0, 0.05) is 32.5 Å². The molecular formula is C25H33F2N5O4S. The summed E-state index contributed by atoms with van der Waals surface area (Å²) in [6.45, 7) is 0.533. The van der Waals surface area contributed by atoms with E-state index >= 15 is 0 Å². The van der Waals surface area contributed by atoms with Gasteiger partial charge in [0.2, 0.25) is 0 Å². The number of hydrogen-bond donors (Lipinski definition) is 6. The molecule has 1 heterocycles. The zero-order chi connectivity index (χ0) is 27.8. The molecule has 9 nitrogen and oxygen atoms in total. The Morgan fingerprint density at radius 2 is 1.65 bits per heavy atom. The Morgan fingerprint density at radius 3 is 2.08 bits per heavy atom. The molecule has 0 radical (unpaired) electrons. The van der Waals surface area contributed by atoms with Gasteiger partial charge in [0.25, 0.3) is 0 Å². The number of thioether (sulfide) groups is 1. The first-order valence-electron chi connectivity index (χ1n) is 11.3. The minimum atomic E-state index is -1.01. The fourth-order valence-electron chi connectivity index (χ4n) is 2.85. The molecule has 2 aromatic carbocycles. The number of carboxylic acid groups (broad SMARTS) is 2. The number of benzene rings is 2. The number of aliphatic imine (C=N–C) groups is 1. The zero-order valence-electron chi connectivity index (χ0n) is 20.5. The van der Waals surface area contributed by atoms with Crippen molar-refractivity contribution in [2.45, 2.75) is 25.2 Å². The smallest absolute Gasteiger partial charge is 0.335 e. The molecule has 0 saturated carbocycles. The predicted molar refractivity (Wildman–Crippen MR) is 144 cm³/mol. The predicted octanol–water partition coefficient (Wildman–Crippen LogP) is 2.78. The second kappa shape index (κ2) is 17.2. The number of amidine groups is 1. The largest absolute Gasteiger partial charge is 0.478 e. The summed E-state index contributed by atoms with van der Waals surface area (Å²) in [6, 6.07) is 13.4. The average molecular weight is 538 g/mol. The van der Waals surface area contributed by atoms with Crippen LogP contribution in [0.4, 0.5) is 8.78 Å². The molecule has 1 aliphatic rings. The molecule has 0 saturated heterocycles. The van der Waals surface area contributed by atoms with Crippen molar-refractivity contribution in [3.63, 3.8) is 0 Å². The van der Waals surface area contributed by atoms with Crippen LogP contribution in [0.15, 0.2) is 53.5 Å². The third kappa shape index (κ3) is 13.0. The zero-order valence-corrected chi connectivity index (χ0v) is 21.3. The van der Waals surface area contributed by atoms with Crippen LogP contribution in [-0.2, 0) is 12.8 Å². The van der Waals surface area contributed by atoms with Gasteiger partial charge in [-0.25, -0.2) is 18.4 Å². The van der Waals surface area contributed by atoms with Crippen LogP contribution >= 0.6 is 11.8 Å². The third-order valence-electron chi connectivity index (χ3n) is 4.85. The first-order valence-corrected chi connectivity index (χ1v) is 12.5. The fourth-order valence-corrected chi connectivity index (χ4v) is 3.16. The maximum Gasteiger partial charge on any atom is 0.335 e. The van der Waals surface area contributed by atoms with Crippen molar-refractivity contribution in [1.82, 2.24) is 5.32 Å². The maximum atomic E-state index is 12.8. The van der Waals surface area contributed by atoms with Gasteiger partial charge in [0.05, 0.1) is 22.7 Å². The molecule has 1 aliphatic heterocycles. The second-order valence-electron chi connectivity index (χ2n) is 7.83. The average Bonchev–Trinajstić information content (AvgIpc) is 2.90. The van der Waals surface area contributed by atoms with Crippen molar-refractivity contribution < 1.29 is 28.6 Å². The molecule has 0 fully saturated rings. The van der Waals surface area contributed by atoms with E-state index in [1.54, 1.807) is 36.4 Å². The highest BCUT2D eigenvalue weighted by Gasteiger charge is 2.14. The number of carboxylic acids is 2. The van der Waals surface area contributed by atoms with E-state index in [0.717, 1.165) is 11.1 Å². The van der Waals surface area contributed by atoms with Crippen LogP contribution in [0.25, 0.3) is 0 Å². The van der Waals surface area contributed by atoms with Gasteiger partial charge in [0.15, 0.2) is 0 Å². The maximum absolute atomic E-state index is 12.8. The lowest BCUT2D eigenvalue weighted by Crippen LogP contribution is -2.37. The summed E-state index contributed by atoms with van der Waals surface area (Å²) < 4.78 is 24.4. The molecule has 37 heavy (non-hydrogen) atoms. The first kappa shape index (κ1) is 31.7. The lowest BCUT2D eigenvalue weighted by atomic mass is 10.1. The molecule has 0 aromatic heterocycles. The first-order chi connectivity index (χ1) is 17.6. The molecule has 1 atom stereocenters. The van der Waals surface area contributed by atoms with Gasteiger partial charge in [-0.15, -0.1) is 11.8 Å². The number of nitrogens with one attached hydrogen (secondary N) is 2. The van der Waals surface area contributed by atoms with Crippen molar-refractivity contribution >= 4 is 34.6 Å². The highest BCUT2D eigenvalue weighted by molar-refractivity contribution is 8.13. The van der Waals surface area contributed by atoms with Gasteiger partial charge >= 0.3 is 11.9 Å². The van der Waals surface area contributed by atoms with Gasteiger partial charge in [-0.2, -0.15) is 0 Å². The molecule has 0 spiro atoms. The van der Waals surface area contributed by atoms with Crippen LogP contribution in [0.2, 0.25) is 0 Å². The standard InChI is InChI=1S/C12H13FN2O2.C10H11NO2S.C3H9FN2/c13-10-6-14-11(15-7-10)5-8-2-1-3-9(4-8)12(16)17;1-14-9(11)6-7-3-2-4-8(5-7)10(12)13;4-3(1-5)2-6/h1-4,10H,5-7H2,(H,14,15)(H,16,17);2-5,11H,6H2,1H3,(H,12,13);3H,1-2,5-6H2. The van der Waals surface area contributed by atoms with Gasteiger partial charge in [-0.3, -0.25) is 10.4 Å². The summed E-state index contributed by atoms with van der Waals surface area (Å²) in [6.07, 6.45) is 0.911. The van der Waals surface area contributed by atoms with E-state index < -0.39 is 24.3 Å². The summed E-state index contributed by atoms with van der Waals surface area (Å²) in [4.78, 5) is 25.5. The number of alkyl halides is 2. The summed E-state index contributed by atoms with van der Waals surface area (Å²) >= 11 is 1.37. The van der Waals surface area contributed by atoms with Gasteiger partial charge in [0.1, 0.15) is 18.2 Å². The number of carbonyl (C=O) groups is 2. The number of nitrogens with two attached hydrogens (primary N) is 2. The molecule has 1 unspecified atom stereocenters. The lowest BCUT2D eigenvalue weighted by Gasteiger charge is -2.17. The van der Waals surface area contributed by atoms with Crippen LogP contribution in [0, 0.1) is 5.41 Å². The fraction of sp³-hybridized carbons (Fsp3) is 0.360. The van der Waals surface area contributed by atoms with Crippen LogP contribution < -0.4 is 16.8 Å². The number of nitrogens with zero attached hydrogens (tertiary/aromatic N) is 1. The van der Waals surface area contributed by atoms with Gasteiger partial charge in [-0.05, 0) is 41.6 Å². The summed E-state index contributed by atoms with van der Waals surface area (Å²) in [5.74, 6) is -1.17. The minimum Gasteiger partial charge on any atom is -0.478 e. The molecule has 12 heteroatoms. The van der Waals surface area contributed by atoms with Crippen molar-refractivity contribution in [2.75, 3.05) is 32.4 Å². The molecule has 0 amide bonds. The van der Waals surface area contributed by atoms with Gasteiger partial charge in [-0.1, -0.05) is 24.3 Å². The Labute approximate surface area is 218 Å². The molecule has 202 valence electrons. The van der Waals surface area contributed by atoms with Gasteiger partial charge < -0.3 is 27.0 Å². The second-order valence-corrected chi connectivity index (χ2v) is 8.73. The van der Waals surface area contributed by atoms with E-state index in [-0.39, 0.29) is 37.3 Å². The Hall–Kier alpha value is -3.35. The van der Waals surface area contributed by atoms with Crippen molar-refractivity contribution in [3.05, 3.63) is 70.8 Å². The van der Waals surface area contributed by atoms with Crippen LogP contribution in [0.5, 0.6) is 0 Å². The third-order valence-corrected chi connectivity index (χ3v) is 5.49. The van der Waals surface area contributed by atoms with E-state index in [1.807, 2.05) is 18.4 Å². The van der Waals surface area contributed by atoms with Crippen molar-refractivity contribution in [3.8, 4) is 0 Å². The normalized spacial score (nSPS) is 14.2. The highest BCUT2D eigenvalue weighted by atomic mass is 32.2. The Morgan fingerprint density at radius 1 is 1.11 bits per heavy atom. The molecule has 3 rings (SSSR count). The van der Waals surface area contributed by atoms with E-state index in [9.17, 15) is 18.4 Å². The number of rotatable bonds is 8.